The van der Waals surface area contributed by atoms with Crippen molar-refractivity contribution in [3.63, 3.8) is 0 Å². The summed E-state index contributed by atoms with van der Waals surface area (Å²) in [6.45, 7) is 2.75. The number of hydrogen-bond acceptors (Lipinski definition) is 3. The third kappa shape index (κ3) is 4.83. The van der Waals surface area contributed by atoms with Gasteiger partial charge in [-0.05, 0) is 24.0 Å². The van der Waals surface area contributed by atoms with Crippen LogP contribution in [0.4, 0.5) is 4.79 Å². The fourth-order valence-corrected chi connectivity index (χ4v) is 2.18. The molecule has 112 valence electrons. The summed E-state index contributed by atoms with van der Waals surface area (Å²) >= 11 is 0. The van der Waals surface area contributed by atoms with Crippen LogP contribution in [0.15, 0.2) is 24.3 Å². The maximum Gasteiger partial charge on any atom is 0.407 e. The number of carboxylic acid groups (broad SMARTS) is 1. The zero-order valence-electron chi connectivity index (χ0n) is 12.1. The van der Waals surface area contributed by atoms with Crippen molar-refractivity contribution in [2.24, 2.45) is 0 Å². The van der Waals surface area contributed by atoms with Gasteiger partial charge in [0, 0.05) is 20.3 Å². The third-order valence-corrected chi connectivity index (χ3v) is 3.26. The van der Waals surface area contributed by atoms with Gasteiger partial charge in [-0.25, -0.2) is 4.79 Å². The molecule has 1 amide bonds. The zero-order chi connectivity index (χ0) is 15.0. The van der Waals surface area contributed by atoms with Crippen molar-refractivity contribution in [2.45, 2.75) is 32.4 Å². The summed E-state index contributed by atoms with van der Waals surface area (Å²) in [5, 5.41) is 18.3. The van der Waals surface area contributed by atoms with Gasteiger partial charge >= 0.3 is 6.09 Å². The van der Waals surface area contributed by atoms with E-state index in [-0.39, 0.29) is 12.6 Å². The molecule has 0 bridgehead atoms. The minimum atomic E-state index is -0.943. The minimum Gasteiger partial charge on any atom is -0.465 e. The Labute approximate surface area is 119 Å². The van der Waals surface area contributed by atoms with Gasteiger partial charge in [0.15, 0.2) is 0 Å². The molecule has 0 saturated heterocycles. The number of ether oxygens (including phenoxy) is 1. The molecule has 0 aliphatic rings. The van der Waals surface area contributed by atoms with Crippen molar-refractivity contribution in [2.75, 3.05) is 20.3 Å². The smallest absolute Gasteiger partial charge is 0.407 e. The lowest BCUT2D eigenvalue weighted by molar-refractivity contribution is 0.0740. The molecule has 5 nitrogen and oxygen atoms in total. The molecule has 0 spiro atoms. The summed E-state index contributed by atoms with van der Waals surface area (Å²) in [7, 11) is 1.57. The second-order valence-corrected chi connectivity index (χ2v) is 4.72. The number of benzene rings is 1. The molecule has 0 aliphatic carbocycles. The van der Waals surface area contributed by atoms with Crippen molar-refractivity contribution in [3.8, 4) is 0 Å². The van der Waals surface area contributed by atoms with Crippen LogP contribution in [-0.2, 0) is 17.7 Å². The average molecular weight is 281 g/mol. The molecule has 1 aromatic carbocycles. The predicted octanol–water partition coefficient (Wildman–Crippen LogP) is 2.13. The third-order valence-electron chi connectivity index (χ3n) is 3.26. The Morgan fingerprint density at radius 2 is 2.10 bits per heavy atom. The van der Waals surface area contributed by atoms with Gasteiger partial charge in [-0.2, -0.15) is 0 Å². The van der Waals surface area contributed by atoms with Gasteiger partial charge in [-0.15, -0.1) is 0 Å². The number of carbonyl (C=O) groups is 1. The first-order valence-corrected chi connectivity index (χ1v) is 6.79. The maximum absolute atomic E-state index is 11.4. The zero-order valence-corrected chi connectivity index (χ0v) is 12.1. The van der Waals surface area contributed by atoms with Crippen molar-refractivity contribution < 1.29 is 19.7 Å². The molecule has 1 atom stereocenters. The first kappa shape index (κ1) is 16.5. The van der Waals surface area contributed by atoms with E-state index >= 15 is 0 Å². The topological polar surface area (TPSA) is 70.0 Å². The number of hydrogen-bond donors (Lipinski definition) is 2. The Hall–Kier alpha value is -1.59. The van der Waals surface area contributed by atoms with E-state index in [1.165, 1.54) is 4.90 Å². The quantitative estimate of drug-likeness (QED) is 0.766. The van der Waals surface area contributed by atoms with Crippen molar-refractivity contribution >= 4 is 6.09 Å². The van der Waals surface area contributed by atoms with Gasteiger partial charge in [0.1, 0.15) is 0 Å². The van der Waals surface area contributed by atoms with Crippen LogP contribution in [0.5, 0.6) is 0 Å². The molecular weight excluding hydrogens is 258 g/mol. The molecule has 1 unspecified atom stereocenters. The second-order valence-electron chi connectivity index (χ2n) is 4.72. The Kier molecular flexibility index (Phi) is 7.04. The van der Waals surface area contributed by atoms with Gasteiger partial charge in [0.25, 0.3) is 0 Å². The Morgan fingerprint density at radius 3 is 2.65 bits per heavy atom. The predicted molar refractivity (Wildman–Crippen MR) is 76.8 cm³/mol. The highest BCUT2D eigenvalue weighted by Crippen LogP contribution is 2.14. The Morgan fingerprint density at radius 1 is 1.40 bits per heavy atom. The summed E-state index contributed by atoms with van der Waals surface area (Å²) in [6, 6.07) is 7.50. The lowest BCUT2D eigenvalue weighted by Gasteiger charge is -2.28. The van der Waals surface area contributed by atoms with Crippen LogP contribution >= 0.6 is 0 Å². The summed E-state index contributed by atoms with van der Waals surface area (Å²) in [4.78, 5) is 12.8. The second kappa shape index (κ2) is 8.55. The number of nitrogens with zero attached hydrogens (tertiary/aromatic N) is 1. The van der Waals surface area contributed by atoms with E-state index in [9.17, 15) is 9.90 Å². The highest BCUT2D eigenvalue weighted by molar-refractivity contribution is 5.65. The van der Waals surface area contributed by atoms with E-state index in [1.807, 2.05) is 31.2 Å². The molecule has 0 aromatic heterocycles. The van der Waals surface area contributed by atoms with E-state index in [0.717, 1.165) is 11.1 Å². The number of amides is 1. The molecule has 0 saturated carbocycles. The van der Waals surface area contributed by atoms with Crippen LogP contribution in [0, 0.1) is 0 Å². The van der Waals surface area contributed by atoms with Gasteiger partial charge in [0.2, 0.25) is 0 Å². The molecule has 0 radical (unpaired) electrons. The molecule has 1 aromatic rings. The number of aliphatic hydroxyl groups is 1. The highest BCUT2D eigenvalue weighted by Gasteiger charge is 2.21. The molecule has 0 aliphatic heterocycles. The van der Waals surface area contributed by atoms with Crippen LogP contribution in [0.2, 0.25) is 0 Å². The number of rotatable bonds is 8. The molecule has 20 heavy (non-hydrogen) atoms. The molecular formula is C15H23NO4. The number of aliphatic hydroxyl groups excluding tert-OH is 1. The average Bonchev–Trinajstić information content (AvgIpc) is 2.43. The first-order chi connectivity index (χ1) is 9.62. The van der Waals surface area contributed by atoms with Gasteiger partial charge in [0.05, 0.1) is 12.6 Å². The van der Waals surface area contributed by atoms with Crippen LogP contribution < -0.4 is 0 Å². The molecule has 0 heterocycles. The van der Waals surface area contributed by atoms with E-state index in [4.69, 9.17) is 9.84 Å². The fourth-order valence-electron chi connectivity index (χ4n) is 2.18. The molecule has 5 heteroatoms. The highest BCUT2D eigenvalue weighted by atomic mass is 16.5. The van der Waals surface area contributed by atoms with Crippen molar-refractivity contribution in [1.82, 2.24) is 4.90 Å². The summed E-state index contributed by atoms with van der Waals surface area (Å²) in [5.74, 6) is 0. The SMILES string of the molecule is CCC(COC)N(Cc1cccc(CCO)c1)C(=O)O. The fraction of sp³-hybridized carbons (Fsp3) is 0.533. The van der Waals surface area contributed by atoms with Gasteiger partial charge in [-0.1, -0.05) is 31.2 Å². The molecule has 0 fully saturated rings. The summed E-state index contributed by atoms with van der Waals surface area (Å²) in [5.41, 5.74) is 1.93. The minimum absolute atomic E-state index is 0.0906. The van der Waals surface area contributed by atoms with Crippen LogP contribution in [-0.4, -0.2) is 47.6 Å². The standard InChI is InChI=1S/C15H23NO4/c1-3-14(11-20-2)16(15(18)19)10-13-6-4-5-12(9-13)7-8-17/h4-6,9,14,17H,3,7-8,10-11H2,1-2H3,(H,18,19). The number of methoxy groups -OCH3 is 1. The van der Waals surface area contributed by atoms with Crippen LogP contribution in [0.1, 0.15) is 24.5 Å². The van der Waals surface area contributed by atoms with E-state index in [2.05, 4.69) is 0 Å². The lowest BCUT2D eigenvalue weighted by Crippen LogP contribution is -2.41. The molecule has 1 rings (SSSR count). The monoisotopic (exact) mass is 281 g/mol. The lowest BCUT2D eigenvalue weighted by atomic mass is 10.1. The van der Waals surface area contributed by atoms with Crippen molar-refractivity contribution in [1.29, 1.82) is 0 Å². The Bertz CT molecular complexity index is 422. The summed E-state index contributed by atoms with van der Waals surface area (Å²) < 4.78 is 5.09. The van der Waals surface area contributed by atoms with E-state index in [1.54, 1.807) is 7.11 Å². The van der Waals surface area contributed by atoms with E-state index < -0.39 is 6.09 Å². The Balaban J connectivity index is 2.84. The molecule has 2 N–H and O–H groups in total. The summed E-state index contributed by atoms with van der Waals surface area (Å²) in [6.07, 6.45) is 0.341. The van der Waals surface area contributed by atoms with E-state index in [0.29, 0.717) is 26.0 Å². The maximum atomic E-state index is 11.4. The van der Waals surface area contributed by atoms with Gasteiger partial charge < -0.3 is 14.9 Å². The largest absolute Gasteiger partial charge is 0.465 e. The van der Waals surface area contributed by atoms with Crippen LogP contribution in [0.3, 0.4) is 0 Å². The normalized spacial score (nSPS) is 12.2. The van der Waals surface area contributed by atoms with Gasteiger partial charge in [-0.3, -0.25) is 4.90 Å². The van der Waals surface area contributed by atoms with Crippen LogP contribution in [0.25, 0.3) is 0 Å². The first-order valence-electron chi connectivity index (χ1n) is 6.79. The van der Waals surface area contributed by atoms with Crippen molar-refractivity contribution in [3.05, 3.63) is 35.4 Å².